The summed E-state index contributed by atoms with van der Waals surface area (Å²) < 4.78 is 13.0. The van der Waals surface area contributed by atoms with E-state index < -0.39 is 0 Å². The minimum absolute atomic E-state index is 0.0860. The van der Waals surface area contributed by atoms with Crippen LogP contribution in [-0.2, 0) is 0 Å². The minimum atomic E-state index is 0.0860. The molecule has 4 rings (SSSR count). The van der Waals surface area contributed by atoms with Gasteiger partial charge in [-0.25, -0.2) is 4.52 Å². The van der Waals surface area contributed by atoms with Crippen LogP contribution in [0.3, 0.4) is 0 Å². The molecular formula is C34H48N4O3. The number of nitrogens with zero attached hydrogens (tertiary/aromatic N) is 4. The van der Waals surface area contributed by atoms with E-state index in [9.17, 15) is 4.79 Å². The molecule has 1 amide bonds. The first-order valence-corrected chi connectivity index (χ1v) is 15.2. The van der Waals surface area contributed by atoms with E-state index in [-0.39, 0.29) is 5.91 Å². The lowest BCUT2D eigenvalue weighted by molar-refractivity contribution is 0.0741. The Bertz CT molecular complexity index is 1290. The summed E-state index contributed by atoms with van der Waals surface area (Å²) in [5.41, 5.74) is 4.34. The van der Waals surface area contributed by atoms with Crippen LogP contribution in [0.2, 0.25) is 0 Å². The number of likely N-dealkylation sites (tertiary alicyclic amines) is 1. The number of carbonyl (C=O) groups excluding carboxylic acids is 1. The number of pyridine rings is 1. The molecule has 0 unspecified atom stereocenters. The van der Waals surface area contributed by atoms with Crippen LogP contribution < -0.4 is 9.47 Å². The Morgan fingerprint density at radius 1 is 0.951 bits per heavy atom. The third-order valence-electron chi connectivity index (χ3n) is 7.88. The molecule has 0 radical (unpaired) electrons. The van der Waals surface area contributed by atoms with Crippen molar-refractivity contribution in [1.82, 2.24) is 19.4 Å². The summed E-state index contributed by atoms with van der Waals surface area (Å²) in [6.45, 7) is 13.6. The van der Waals surface area contributed by atoms with E-state index in [2.05, 4.69) is 44.7 Å². The van der Waals surface area contributed by atoms with Crippen molar-refractivity contribution in [2.24, 2.45) is 11.8 Å². The number of benzene rings is 1. The van der Waals surface area contributed by atoms with Gasteiger partial charge in [-0.05, 0) is 74.9 Å². The molecule has 0 aliphatic carbocycles. The van der Waals surface area contributed by atoms with Crippen LogP contribution >= 0.6 is 0 Å². The summed E-state index contributed by atoms with van der Waals surface area (Å²) in [4.78, 5) is 18.4. The highest BCUT2D eigenvalue weighted by atomic mass is 16.5. The van der Waals surface area contributed by atoms with Gasteiger partial charge < -0.3 is 14.4 Å². The van der Waals surface area contributed by atoms with Gasteiger partial charge in [0.25, 0.3) is 5.91 Å². The number of hydrogen-bond donors (Lipinski definition) is 0. The van der Waals surface area contributed by atoms with Crippen molar-refractivity contribution in [3.63, 3.8) is 0 Å². The van der Waals surface area contributed by atoms with E-state index in [1.807, 2.05) is 45.9 Å². The molecule has 7 nitrogen and oxygen atoms in total. The van der Waals surface area contributed by atoms with E-state index in [4.69, 9.17) is 14.6 Å². The molecule has 41 heavy (non-hydrogen) atoms. The fourth-order valence-electron chi connectivity index (χ4n) is 5.31. The van der Waals surface area contributed by atoms with Crippen LogP contribution in [0.5, 0.6) is 11.5 Å². The highest BCUT2D eigenvalue weighted by Crippen LogP contribution is 2.34. The monoisotopic (exact) mass is 560 g/mol. The van der Waals surface area contributed by atoms with Crippen molar-refractivity contribution in [3.8, 4) is 22.8 Å². The number of hydrogen-bond acceptors (Lipinski definition) is 5. The van der Waals surface area contributed by atoms with Gasteiger partial charge in [-0.15, -0.1) is 0 Å². The number of amides is 1. The Hall–Kier alpha value is -3.32. The number of piperidine rings is 1. The summed E-state index contributed by atoms with van der Waals surface area (Å²) in [7, 11) is 3.31. The van der Waals surface area contributed by atoms with Crippen LogP contribution in [-0.4, -0.2) is 72.3 Å². The molecule has 1 fully saturated rings. The molecule has 222 valence electrons. The van der Waals surface area contributed by atoms with Gasteiger partial charge in [-0.3, -0.25) is 9.69 Å². The molecule has 0 spiro atoms. The quantitative estimate of drug-likeness (QED) is 0.224. The van der Waals surface area contributed by atoms with E-state index >= 15 is 0 Å². The summed E-state index contributed by atoms with van der Waals surface area (Å²) in [5, 5.41) is 4.98. The minimum Gasteiger partial charge on any atom is -0.497 e. The van der Waals surface area contributed by atoms with Crippen molar-refractivity contribution in [1.29, 1.82) is 0 Å². The fourth-order valence-corrected chi connectivity index (χ4v) is 5.31. The second-order valence-corrected chi connectivity index (χ2v) is 12.0. The van der Waals surface area contributed by atoms with Gasteiger partial charge in [0.15, 0.2) is 0 Å². The van der Waals surface area contributed by atoms with Gasteiger partial charge in [0.1, 0.15) is 17.2 Å². The molecule has 0 N–H and O–H groups in total. The SMILES string of the molecule is COc1cc(OC)cc(-c2nn3ccc(C(=O)N(CCC(C)C)CCC(C)C)cc3c2/C=C/CN2CCCCC2)c1. The van der Waals surface area contributed by atoms with Crippen LogP contribution in [0.15, 0.2) is 42.6 Å². The molecule has 0 saturated carbocycles. The maximum atomic E-state index is 13.8. The summed E-state index contributed by atoms with van der Waals surface area (Å²) >= 11 is 0. The van der Waals surface area contributed by atoms with Gasteiger partial charge in [0.2, 0.25) is 0 Å². The van der Waals surface area contributed by atoms with Gasteiger partial charge in [-0.2, -0.15) is 5.10 Å². The topological polar surface area (TPSA) is 59.3 Å². The van der Waals surface area contributed by atoms with Gasteiger partial charge in [-0.1, -0.05) is 46.3 Å². The van der Waals surface area contributed by atoms with Crippen molar-refractivity contribution in [2.75, 3.05) is 46.9 Å². The zero-order valence-electron chi connectivity index (χ0n) is 25.9. The molecule has 0 bridgehead atoms. The van der Waals surface area contributed by atoms with Gasteiger partial charge in [0.05, 0.1) is 19.7 Å². The van der Waals surface area contributed by atoms with E-state index in [1.165, 1.54) is 19.3 Å². The number of ether oxygens (including phenoxy) is 2. The Balaban J connectivity index is 1.75. The number of methoxy groups -OCH3 is 2. The molecule has 1 aliphatic rings. The normalized spacial score (nSPS) is 14.4. The molecule has 3 heterocycles. The summed E-state index contributed by atoms with van der Waals surface area (Å²) in [5.74, 6) is 2.59. The number of aromatic nitrogens is 2. The molecular weight excluding hydrogens is 512 g/mol. The first-order chi connectivity index (χ1) is 19.8. The first-order valence-electron chi connectivity index (χ1n) is 15.2. The zero-order valence-corrected chi connectivity index (χ0v) is 25.9. The molecule has 1 aromatic carbocycles. The number of carbonyl (C=O) groups is 1. The summed E-state index contributed by atoms with van der Waals surface area (Å²) in [6, 6.07) is 9.74. The lowest BCUT2D eigenvalue weighted by Crippen LogP contribution is -2.34. The van der Waals surface area contributed by atoms with Crippen LogP contribution in [0.1, 0.15) is 75.7 Å². The average molecular weight is 561 g/mol. The second-order valence-electron chi connectivity index (χ2n) is 12.0. The largest absolute Gasteiger partial charge is 0.497 e. The number of rotatable bonds is 13. The maximum Gasteiger partial charge on any atom is 0.253 e. The molecule has 2 aromatic heterocycles. The van der Waals surface area contributed by atoms with Crippen LogP contribution in [0.25, 0.3) is 22.9 Å². The third-order valence-corrected chi connectivity index (χ3v) is 7.88. The van der Waals surface area contributed by atoms with Gasteiger partial charge in [0, 0.05) is 48.6 Å². The van der Waals surface area contributed by atoms with E-state index in [1.54, 1.807) is 14.2 Å². The van der Waals surface area contributed by atoms with Crippen molar-refractivity contribution in [3.05, 3.63) is 53.7 Å². The lowest BCUT2D eigenvalue weighted by atomic mass is 10.0. The lowest BCUT2D eigenvalue weighted by Gasteiger charge is -2.25. The fraction of sp³-hybridized carbons (Fsp3) is 0.529. The summed E-state index contributed by atoms with van der Waals surface area (Å²) in [6.07, 6.45) is 12.1. The number of fused-ring (bicyclic) bond motifs is 1. The van der Waals surface area contributed by atoms with Crippen molar-refractivity contribution in [2.45, 2.75) is 59.8 Å². The Kier molecular flexibility index (Phi) is 10.9. The Labute approximate surface area is 246 Å². The third kappa shape index (κ3) is 8.13. The molecule has 0 atom stereocenters. The van der Waals surface area contributed by atoms with Crippen LogP contribution in [0.4, 0.5) is 0 Å². The van der Waals surface area contributed by atoms with E-state index in [0.29, 0.717) is 28.9 Å². The molecule has 1 aliphatic heterocycles. The highest BCUT2D eigenvalue weighted by molar-refractivity contribution is 5.96. The Morgan fingerprint density at radius 3 is 2.17 bits per heavy atom. The second kappa shape index (κ2) is 14.5. The zero-order chi connectivity index (χ0) is 29.4. The van der Waals surface area contributed by atoms with E-state index in [0.717, 1.165) is 67.9 Å². The Morgan fingerprint density at radius 2 is 1.59 bits per heavy atom. The molecule has 7 heteroatoms. The average Bonchev–Trinajstić information content (AvgIpc) is 3.34. The smallest absolute Gasteiger partial charge is 0.253 e. The van der Waals surface area contributed by atoms with Crippen LogP contribution in [0, 0.1) is 11.8 Å². The maximum absolute atomic E-state index is 13.8. The van der Waals surface area contributed by atoms with Gasteiger partial charge >= 0.3 is 0 Å². The predicted octanol–water partition coefficient (Wildman–Crippen LogP) is 7.05. The molecule has 1 saturated heterocycles. The van der Waals surface area contributed by atoms with Crippen molar-refractivity contribution >= 4 is 17.5 Å². The highest BCUT2D eigenvalue weighted by Gasteiger charge is 2.20. The standard InChI is InChI=1S/C34H48N4O3/c1-25(2)12-18-37(19-13-26(3)4)34(39)27-14-20-38-32(23-27)31(11-10-17-36-15-8-7-9-16-36)33(35-38)28-21-29(40-5)24-30(22-28)41-6/h10-11,14,20-26H,7-9,12-13,15-19H2,1-6H3/b11-10+. The first kappa shape index (κ1) is 30.6. The van der Waals surface area contributed by atoms with Crippen molar-refractivity contribution < 1.29 is 14.3 Å². The predicted molar refractivity (Wildman–Crippen MR) is 168 cm³/mol. The molecule has 3 aromatic rings.